The summed E-state index contributed by atoms with van der Waals surface area (Å²) < 4.78 is 34.5. The summed E-state index contributed by atoms with van der Waals surface area (Å²) >= 11 is 0. The highest BCUT2D eigenvalue weighted by atomic mass is 16.7. The average Bonchev–Trinajstić information content (AvgIpc) is 3.54. The minimum Gasteiger partial charge on any atom is -0.457 e. The topological polar surface area (TPSA) is 214 Å². The molecule has 2 rings (SSSR count). The number of unbranched alkanes of at least 4 members (excludes halogenated alkanes) is 31. The van der Waals surface area contributed by atoms with Crippen LogP contribution in [0.3, 0.4) is 0 Å². The predicted molar refractivity (Wildman–Crippen MR) is 330 cm³/mol. The van der Waals surface area contributed by atoms with Gasteiger partial charge in [-0.15, -0.1) is 0 Å². The number of carbonyl (C=O) groups excluding carboxylic acids is 1. The van der Waals surface area contributed by atoms with Crippen molar-refractivity contribution in [1.82, 2.24) is 0 Å². The van der Waals surface area contributed by atoms with Crippen LogP contribution < -0.4 is 0 Å². The van der Waals surface area contributed by atoms with E-state index >= 15 is 0 Å². The molecule has 0 bridgehead atoms. The van der Waals surface area contributed by atoms with Crippen molar-refractivity contribution in [3.63, 3.8) is 0 Å². The Labute approximate surface area is 498 Å². The standard InChI is InChI=1S/C68H122O14/c1-3-5-7-9-11-13-15-17-19-21-23-25-27-28-29-31-33-35-37-39-41-43-45-47-49-51-60(70)80-57(55-78-67-66(76)64(74)62(72)59(82-67)56-79-68-65(75)63(73)61(71)58(53-69)81-68)54-77-52-50-48-46-44-42-40-38-36-34-32-30-26-24-22-20-18-16-14-12-10-8-6-4-2/h5,7,11,13,17,19,23,25,28-29,57-59,61-69,71-76H,3-4,6,8-10,12,14-16,18,20-22,24,26-27,30-56H2,1-2H3/b7-5-,13-11-,19-17-,25-23-,29-28-. The molecular weight excluding hydrogens is 1040 g/mol. The van der Waals surface area contributed by atoms with E-state index in [9.17, 15) is 40.5 Å². The molecule has 0 aliphatic carbocycles. The number of rotatable bonds is 55. The lowest BCUT2D eigenvalue weighted by Crippen LogP contribution is -2.61. The van der Waals surface area contributed by atoms with E-state index in [4.69, 9.17) is 28.4 Å². The second-order valence-electron chi connectivity index (χ2n) is 23.3. The zero-order chi connectivity index (χ0) is 59.4. The molecule has 2 aliphatic heterocycles. The zero-order valence-electron chi connectivity index (χ0n) is 51.7. The van der Waals surface area contributed by atoms with Gasteiger partial charge in [-0.2, -0.15) is 0 Å². The Kier molecular flexibility index (Phi) is 50.0. The molecule has 14 heteroatoms. The fourth-order valence-corrected chi connectivity index (χ4v) is 10.5. The fraction of sp³-hybridized carbons (Fsp3) is 0.838. The van der Waals surface area contributed by atoms with Crippen LogP contribution in [0.25, 0.3) is 0 Å². The molecule has 2 heterocycles. The third-order valence-electron chi connectivity index (χ3n) is 15.8. The second kappa shape index (κ2) is 54.1. The van der Waals surface area contributed by atoms with E-state index in [0.29, 0.717) is 13.0 Å². The van der Waals surface area contributed by atoms with Gasteiger partial charge < -0.3 is 64.2 Å². The van der Waals surface area contributed by atoms with Crippen LogP contribution >= 0.6 is 0 Å². The van der Waals surface area contributed by atoms with E-state index in [0.717, 1.165) is 77.0 Å². The summed E-state index contributed by atoms with van der Waals surface area (Å²) in [5.41, 5.74) is 0. The minimum atomic E-state index is -1.71. The van der Waals surface area contributed by atoms with Crippen molar-refractivity contribution < 1.29 is 69.0 Å². The van der Waals surface area contributed by atoms with Crippen LogP contribution in [0.4, 0.5) is 0 Å². The first kappa shape index (κ1) is 75.8. The SMILES string of the molecule is CC/C=C\C/C=C\C/C=C\C/C=C\C/C=C\CCCCCCCCCCCC(=O)OC(COCCCCCCCCCCCCCCCCCCCCCCCCC)COC1OC(COC2OC(CO)C(O)C(O)C2O)C(O)C(O)C1O. The lowest BCUT2D eigenvalue weighted by molar-refractivity contribution is -0.332. The van der Waals surface area contributed by atoms with E-state index in [2.05, 4.69) is 74.6 Å². The Hall–Kier alpha value is -2.31. The maximum absolute atomic E-state index is 13.1. The molecule has 0 spiro atoms. The fourth-order valence-electron chi connectivity index (χ4n) is 10.5. The molecule has 82 heavy (non-hydrogen) atoms. The van der Waals surface area contributed by atoms with Crippen molar-refractivity contribution in [1.29, 1.82) is 0 Å². The van der Waals surface area contributed by atoms with Gasteiger partial charge in [0, 0.05) is 13.0 Å². The Morgan fingerprint density at radius 2 is 0.793 bits per heavy atom. The molecule has 0 amide bonds. The van der Waals surface area contributed by atoms with E-state index < -0.39 is 80.7 Å². The van der Waals surface area contributed by atoms with Crippen LogP contribution in [-0.2, 0) is 33.2 Å². The van der Waals surface area contributed by atoms with Gasteiger partial charge in [0.25, 0.3) is 0 Å². The predicted octanol–water partition coefficient (Wildman–Crippen LogP) is 13.6. The summed E-state index contributed by atoms with van der Waals surface area (Å²) in [7, 11) is 0. The van der Waals surface area contributed by atoms with E-state index in [1.807, 2.05) is 0 Å². The Morgan fingerprint density at radius 3 is 1.24 bits per heavy atom. The molecule has 0 aromatic carbocycles. The number of ether oxygens (including phenoxy) is 6. The number of hydrogen-bond acceptors (Lipinski definition) is 14. The highest BCUT2D eigenvalue weighted by molar-refractivity contribution is 5.69. The first-order valence-electron chi connectivity index (χ1n) is 33.4. The smallest absolute Gasteiger partial charge is 0.306 e. The molecule has 478 valence electrons. The molecule has 2 fully saturated rings. The van der Waals surface area contributed by atoms with Crippen LogP contribution in [0.15, 0.2) is 60.8 Å². The summed E-state index contributed by atoms with van der Waals surface area (Å²) in [6, 6.07) is 0. The zero-order valence-corrected chi connectivity index (χ0v) is 51.7. The molecule has 2 saturated heterocycles. The Morgan fingerprint density at radius 1 is 0.415 bits per heavy atom. The molecule has 0 radical (unpaired) electrons. The van der Waals surface area contributed by atoms with Crippen molar-refractivity contribution >= 4 is 5.97 Å². The van der Waals surface area contributed by atoms with Crippen molar-refractivity contribution in [3.8, 4) is 0 Å². The average molecular weight is 1160 g/mol. The van der Waals surface area contributed by atoms with Gasteiger partial charge in [0.1, 0.15) is 54.9 Å². The number of esters is 1. The number of aliphatic hydroxyl groups is 7. The summed E-state index contributed by atoms with van der Waals surface area (Å²) in [6.07, 6.45) is 52.9. The molecule has 14 nitrogen and oxygen atoms in total. The van der Waals surface area contributed by atoms with Gasteiger partial charge in [-0.25, -0.2) is 0 Å². The molecule has 11 atom stereocenters. The monoisotopic (exact) mass is 1160 g/mol. The van der Waals surface area contributed by atoms with Crippen LogP contribution in [0.5, 0.6) is 0 Å². The van der Waals surface area contributed by atoms with Crippen molar-refractivity contribution in [2.24, 2.45) is 0 Å². The van der Waals surface area contributed by atoms with E-state index in [1.54, 1.807) is 0 Å². The lowest BCUT2D eigenvalue weighted by atomic mass is 9.98. The van der Waals surface area contributed by atoms with Crippen molar-refractivity contribution in [2.45, 2.75) is 332 Å². The van der Waals surface area contributed by atoms with Gasteiger partial charge >= 0.3 is 5.97 Å². The first-order chi connectivity index (χ1) is 40.1. The van der Waals surface area contributed by atoms with Gasteiger partial charge in [-0.05, 0) is 57.8 Å². The van der Waals surface area contributed by atoms with Crippen molar-refractivity contribution in [3.05, 3.63) is 60.8 Å². The first-order valence-corrected chi connectivity index (χ1v) is 33.4. The molecule has 7 N–H and O–H groups in total. The number of hydrogen-bond donors (Lipinski definition) is 7. The normalized spacial score (nSPS) is 23.9. The molecule has 0 aromatic heterocycles. The highest BCUT2D eigenvalue weighted by Gasteiger charge is 2.47. The third kappa shape index (κ3) is 39.4. The van der Waals surface area contributed by atoms with Gasteiger partial charge in [-0.1, -0.05) is 261 Å². The van der Waals surface area contributed by atoms with Crippen molar-refractivity contribution in [2.75, 3.05) is 33.0 Å². The largest absolute Gasteiger partial charge is 0.457 e. The van der Waals surface area contributed by atoms with Gasteiger partial charge in [0.15, 0.2) is 12.6 Å². The lowest BCUT2D eigenvalue weighted by Gasteiger charge is -2.42. The van der Waals surface area contributed by atoms with E-state index in [1.165, 1.54) is 161 Å². The summed E-state index contributed by atoms with van der Waals surface area (Å²) in [4.78, 5) is 13.1. The summed E-state index contributed by atoms with van der Waals surface area (Å²) in [5.74, 6) is -0.379. The Balaban J connectivity index is 1.66. The third-order valence-corrected chi connectivity index (χ3v) is 15.8. The van der Waals surface area contributed by atoms with Crippen LogP contribution in [-0.4, -0.2) is 142 Å². The minimum absolute atomic E-state index is 0.0605. The molecule has 11 unspecified atom stereocenters. The highest BCUT2D eigenvalue weighted by Crippen LogP contribution is 2.27. The van der Waals surface area contributed by atoms with Gasteiger partial charge in [0.05, 0.1) is 26.4 Å². The quantitative estimate of drug-likeness (QED) is 0.0171. The van der Waals surface area contributed by atoms with E-state index in [-0.39, 0.29) is 25.6 Å². The summed E-state index contributed by atoms with van der Waals surface area (Å²) in [5, 5.41) is 72.6. The van der Waals surface area contributed by atoms with Crippen LogP contribution in [0.1, 0.15) is 264 Å². The molecule has 0 saturated carbocycles. The number of carbonyl (C=O) groups is 1. The second-order valence-corrected chi connectivity index (χ2v) is 23.3. The number of aliphatic hydroxyl groups excluding tert-OH is 7. The molecule has 2 aliphatic rings. The number of allylic oxidation sites excluding steroid dienone is 10. The summed E-state index contributed by atoms with van der Waals surface area (Å²) in [6.45, 7) is 3.62. The Bertz CT molecular complexity index is 1590. The van der Waals surface area contributed by atoms with Gasteiger partial charge in [-0.3, -0.25) is 4.79 Å². The van der Waals surface area contributed by atoms with Crippen LogP contribution in [0.2, 0.25) is 0 Å². The maximum Gasteiger partial charge on any atom is 0.306 e. The maximum atomic E-state index is 13.1. The van der Waals surface area contributed by atoms with Gasteiger partial charge in [0.2, 0.25) is 0 Å². The van der Waals surface area contributed by atoms with Crippen LogP contribution in [0, 0.1) is 0 Å². The molecular formula is C68H122O14. The molecule has 0 aromatic rings.